The zero-order chi connectivity index (χ0) is 14.8. The fourth-order valence-corrected chi connectivity index (χ4v) is 2.99. The molecule has 1 aromatic heterocycles. The van der Waals surface area contributed by atoms with Crippen molar-refractivity contribution in [3.8, 4) is 5.75 Å². The van der Waals surface area contributed by atoms with Gasteiger partial charge in [-0.2, -0.15) is 0 Å². The molecule has 1 N–H and O–H groups in total. The van der Waals surface area contributed by atoms with Gasteiger partial charge in [-0.3, -0.25) is 0 Å². The fraction of sp³-hybridized carbons (Fsp3) is 0.438. The molecule has 1 aromatic carbocycles. The fourth-order valence-electron chi connectivity index (χ4n) is 2.81. The molecule has 21 heavy (non-hydrogen) atoms. The number of ether oxygens (including phenoxy) is 1. The van der Waals surface area contributed by atoms with Crippen LogP contribution in [0.25, 0.3) is 0 Å². The maximum atomic E-state index is 6.16. The van der Waals surface area contributed by atoms with Gasteiger partial charge in [-0.05, 0) is 31.2 Å². The second kappa shape index (κ2) is 6.08. The second-order valence-electron chi connectivity index (χ2n) is 5.46. The Hall–Kier alpha value is -1.52. The molecule has 0 amide bonds. The van der Waals surface area contributed by atoms with Crippen molar-refractivity contribution in [2.75, 3.05) is 6.54 Å². The van der Waals surface area contributed by atoms with Crippen molar-refractivity contribution in [1.82, 2.24) is 14.9 Å². The summed E-state index contributed by atoms with van der Waals surface area (Å²) >= 11 is 6.14. The zero-order valence-corrected chi connectivity index (χ0v) is 13.1. The molecular weight excluding hydrogens is 286 g/mol. The Bertz CT molecular complexity index is 626. The number of aryl methyl sites for hydroxylation is 1. The van der Waals surface area contributed by atoms with Gasteiger partial charge in [0.2, 0.25) is 0 Å². The standard InChI is InChI=1S/C16H20ClN3O/c1-3-6-19-13-8-16(14-9-18-10-20(14)2)21-15-5-4-11(17)7-12(13)15/h4-5,7,9-10,13,16,19H,3,6,8H2,1-2H3. The number of hydrogen-bond acceptors (Lipinski definition) is 3. The molecule has 1 aliphatic rings. The number of aromatic nitrogens is 2. The normalized spacial score (nSPS) is 20.9. The molecule has 0 saturated heterocycles. The monoisotopic (exact) mass is 305 g/mol. The lowest BCUT2D eigenvalue weighted by molar-refractivity contribution is 0.144. The van der Waals surface area contributed by atoms with Gasteiger partial charge in [0, 0.05) is 30.1 Å². The Labute approximate surface area is 130 Å². The molecule has 4 nitrogen and oxygen atoms in total. The van der Waals surface area contributed by atoms with E-state index >= 15 is 0 Å². The highest BCUT2D eigenvalue weighted by Crippen LogP contribution is 2.41. The predicted molar refractivity (Wildman–Crippen MR) is 83.7 cm³/mol. The van der Waals surface area contributed by atoms with Crippen LogP contribution >= 0.6 is 11.6 Å². The van der Waals surface area contributed by atoms with Gasteiger partial charge in [0.05, 0.1) is 18.2 Å². The van der Waals surface area contributed by atoms with E-state index < -0.39 is 0 Å². The van der Waals surface area contributed by atoms with Crippen molar-refractivity contribution < 1.29 is 4.74 Å². The SMILES string of the molecule is CCCNC1CC(c2cncn2C)Oc2ccc(Cl)cc21. The van der Waals surface area contributed by atoms with E-state index in [1.54, 1.807) is 0 Å². The van der Waals surface area contributed by atoms with Gasteiger partial charge in [0.15, 0.2) is 0 Å². The van der Waals surface area contributed by atoms with Crippen molar-refractivity contribution >= 4 is 11.6 Å². The lowest BCUT2D eigenvalue weighted by Crippen LogP contribution is -2.30. The number of hydrogen-bond donors (Lipinski definition) is 1. The summed E-state index contributed by atoms with van der Waals surface area (Å²) in [6.45, 7) is 3.15. The van der Waals surface area contributed by atoms with Gasteiger partial charge in [-0.1, -0.05) is 18.5 Å². The minimum atomic E-state index is 0.0144. The molecule has 2 heterocycles. The highest BCUT2D eigenvalue weighted by atomic mass is 35.5. The molecule has 2 aromatic rings. The third-order valence-electron chi connectivity index (χ3n) is 3.89. The summed E-state index contributed by atoms with van der Waals surface area (Å²) in [4.78, 5) is 4.20. The van der Waals surface area contributed by atoms with Crippen molar-refractivity contribution in [1.29, 1.82) is 0 Å². The third-order valence-corrected chi connectivity index (χ3v) is 4.13. The molecule has 2 atom stereocenters. The van der Waals surface area contributed by atoms with Crippen LogP contribution in [0.4, 0.5) is 0 Å². The number of nitrogens with zero attached hydrogens (tertiary/aromatic N) is 2. The van der Waals surface area contributed by atoms with Crippen LogP contribution in [0, 0.1) is 0 Å². The first-order chi connectivity index (χ1) is 10.2. The van der Waals surface area contributed by atoms with Crippen molar-refractivity contribution in [2.24, 2.45) is 7.05 Å². The van der Waals surface area contributed by atoms with Crippen LogP contribution < -0.4 is 10.1 Å². The number of fused-ring (bicyclic) bond motifs is 1. The first-order valence-corrected chi connectivity index (χ1v) is 7.72. The largest absolute Gasteiger partial charge is 0.484 e. The molecule has 2 unspecified atom stereocenters. The van der Waals surface area contributed by atoms with E-state index in [-0.39, 0.29) is 12.1 Å². The summed E-state index contributed by atoms with van der Waals surface area (Å²) in [5.74, 6) is 0.908. The molecule has 0 spiro atoms. The maximum Gasteiger partial charge on any atom is 0.142 e. The molecule has 3 rings (SSSR count). The zero-order valence-electron chi connectivity index (χ0n) is 12.3. The van der Waals surface area contributed by atoms with Gasteiger partial charge in [-0.15, -0.1) is 0 Å². The van der Waals surface area contributed by atoms with Crippen LogP contribution in [-0.4, -0.2) is 16.1 Å². The second-order valence-corrected chi connectivity index (χ2v) is 5.90. The topological polar surface area (TPSA) is 39.1 Å². The maximum absolute atomic E-state index is 6.16. The lowest BCUT2D eigenvalue weighted by atomic mass is 9.95. The van der Waals surface area contributed by atoms with Crippen LogP contribution in [0.5, 0.6) is 5.75 Å². The number of halogens is 1. The molecule has 1 aliphatic heterocycles. The van der Waals surface area contributed by atoms with E-state index in [0.717, 1.165) is 41.4 Å². The summed E-state index contributed by atoms with van der Waals surface area (Å²) in [5.41, 5.74) is 2.24. The highest BCUT2D eigenvalue weighted by Gasteiger charge is 2.30. The van der Waals surface area contributed by atoms with Gasteiger partial charge in [-0.25, -0.2) is 4.98 Å². The molecule has 5 heteroatoms. The van der Waals surface area contributed by atoms with Crippen LogP contribution in [0.2, 0.25) is 5.02 Å². The predicted octanol–water partition coefficient (Wildman–Crippen LogP) is 3.64. The molecule has 0 saturated carbocycles. The molecule has 0 bridgehead atoms. The van der Waals surface area contributed by atoms with Crippen LogP contribution in [0.15, 0.2) is 30.7 Å². The molecule has 0 aliphatic carbocycles. The van der Waals surface area contributed by atoms with Crippen LogP contribution in [-0.2, 0) is 7.05 Å². The highest BCUT2D eigenvalue weighted by molar-refractivity contribution is 6.30. The molecule has 0 fully saturated rings. The Balaban J connectivity index is 1.92. The van der Waals surface area contributed by atoms with E-state index in [4.69, 9.17) is 16.3 Å². The van der Waals surface area contributed by atoms with E-state index in [1.165, 1.54) is 0 Å². The number of benzene rings is 1. The van der Waals surface area contributed by atoms with Gasteiger partial charge in [0.1, 0.15) is 11.9 Å². The summed E-state index contributed by atoms with van der Waals surface area (Å²) < 4.78 is 8.18. The summed E-state index contributed by atoms with van der Waals surface area (Å²) in [6, 6.07) is 6.10. The lowest BCUT2D eigenvalue weighted by Gasteiger charge is -2.33. The Morgan fingerprint density at radius 1 is 1.48 bits per heavy atom. The third kappa shape index (κ3) is 2.92. The Kier molecular flexibility index (Phi) is 4.17. The average molecular weight is 306 g/mol. The summed E-state index contributed by atoms with van der Waals surface area (Å²) in [6.07, 6.45) is 5.68. The van der Waals surface area contributed by atoms with Gasteiger partial charge >= 0.3 is 0 Å². The number of imidazole rings is 1. The minimum absolute atomic E-state index is 0.0144. The smallest absolute Gasteiger partial charge is 0.142 e. The minimum Gasteiger partial charge on any atom is -0.484 e. The van der Waals surface area contributed by atoms with Crippen molar-refractivity contribution in [2.45, 2.75) is 31.9 Å². The van der Waals surface area contributed by atoms with Gasteiger partial charge in [0.25, 0.3) is 0 Å². The van der Waals surface area contributed by atoms with E-state index in [9.17, 15) is 0 Å². The summed E-state index contributed by atoms with van der Waals surface area (Å²) in [5, 5.41) is 4.35. The molecule has 0 radical (unpaired) electrons. The molecular formula is C16H20ClN3O. The summed E-state index contributed by atoms with van der Waals surface area (Å²) in [7, 11) is 2.00. The number of rotatable bonds is 4. The van der Waals surface area contributed by atoms with Gasteiger partial charge < -0.3 is 14.6 Å². The average Bonchev–Trinajstić information content (AvgIpc) is 2.91. The first-order valence-electron chi connectivity index (χ1n) is 7.34. The number of nitrogens with one attached hydrogen (secondary N) is 1. The Morgan fingerprint density at radius 2 is 2.33 bits per heavy atom. The van der Waals surface area contributed by atoms with E-state index in [1.807, 2.05) is 42.3 Å². The first kappa shape index (κ1) is 14.4. The van der Waals surface area contributed by atoms with Crippen molar-refractivity contribution in [3.63, 3.8) is 0 Å². The van der Waals surface area contributed by atoms with E-state index in [0.29, 0.717) is 0 Å². The van der Waals surface area contributed by atoms with Crippen molar-refractivity contribution in [3.05, 3.63) is 47.0 Å². The van der Waals surface area contributed by atoms with Crippen LogP contribution in [0.1, 0.15) is 43.2 Å². The Morgan fingerprint density at radius 3 is 3.05 bits per heavy atom. The van der Waals surface area contributed by atoms with E-state index in [2.05, 4.69) is 17.2 Å². The quantitative estimate of drug-likeness (QED) is 0.937. The molecule has 112 valence electrons. The van der Waals surface area contributed by atoms with Crippen LogP contribution in [0.3, 0.4) is 0 Å².